The van der Waals surface area contributed by atoms with Crippen LogP contribution in [0.3, 0.4) is 0 Å². The van der Waals surface area contributed by atoms with Gasteiger partial charge in [0.1, 0.15) is 11.6 Å². The molecule has 0 bridgehead atoms. The number of nitrogens with zero attached hydrogens (tertiary/aromatic N) is 1. The van der Waals surface area contributed by atoms with Crippen LogP contribution in [0.1, 0.15) is 114 Å². The minimum absolute atomic E-state index is 0.0326. The maximum Gasteiger partial charge on any atom is 0.309 e. The molecule has 1 saturated carbocycles. The van der Waals surface area contributed by atoms with E-state index >= 15 is 0 Å². The number of hydrogen-bond acceptors (Lipinski definition) is 9. The van der Waals surface area contributed by atoms with Crippen LogP contribution in [0.4, 0.5) is 5.82 Å². The van der Waals surface area contributed by atoms with Gasteiger partial charge in [-0.3, -0.25) is 4.79 Å². The number of nitrogens with two attached hydrogens (primary N) is 1. The number of allylic oxidation sites excluding steroid dienone is 1. The average Bonchev–Trinajstić information content (AvgIpc) is 3.80. The first-order chi connectivity index (χ1) is 28.8. The summed E-state index contributed by atoms with van der Waals surface area (Å²) in [6.45, 7) is 2.19. The van der Waals surface area contributed by atoms with Crippen LogP contribution in [0.25, 0.3) is 22.4 Å². The Balaban J connectivity index is 1.14. The smallest absolute Gasteiger partial charge is 0.309 e. The minimum Gasteiger partial charge on any atom is -0.872 e. The van der Waals surface area contributed by atoms with Crippen molar-refractivity contribution in [3.8, 4) is 33.9 Å². The van der Waals surface area contributed by atoms with E-state index in [2.05, 4.69) is 29.0 Å². The van der Waals surface area contributed by atoms with Gasteiger partial charge in [-0.2, -0.15) is 0 Å². The number of unbranched alkanes of at least 4 members (excludes halogenated alkanes) is 4. The number of phenols is 1. The summed E-state index contributed by atoms with van der Waals surface area (Å²) in [5.41, 5.74) is 8.41. The van der Waals surface area contributed by atoms with Crippen molar-refractivity contribution >= 4 is 11.8 Å². The van der Waals surface area contributed by atoms with Crippen LogP contribution in [0.2, 0.25) is 0 Å². The number of aromatic amines is 1. The van der Waals surface area contributed by atoms with Gasteiger partial charge in [0.2, 0.25) is 0 Å². The fourth-order valence-corrected chi connectivity index (χ4v) is 9.94. The Hall–Kier alpha value is -4.68. The molecule has 0 saturated heterocycles. The predicted octanol–water partition coefficient (Wildman–Crippen LogP) is 8.06. The minimum atomic E-state index is -1.46. The fourth-order valence-electron chi connectivity index (χ4n) is 9.94. The van der Waals surface area contributed by atoms with Crippen LogP contribution in [0.5, 0.6) is 11.5 Å². The number of hydrogen-bond donors (Lipinski definition) is 8. The molecule has 0 amide bonds. The van der Waals surface area contributed by atoms with Gasteiger partial charge in [0.25, 0.3) is 0 Å². The Morgan fingerprint density at radius 3 is 2.45 bits per heavy atom. The van der Waals surface area contributed by atoms with E-state index in [1.165, 1.54) is 31.4 Å². The van der Waals surface area contributed by atoms with Gasteiger partial charge in [-0.15, -0.1) is 5.75 Å². The summed E-state index contributed by atoms with van der Waals surface area (Å²) in [4.78, 5) is 19.9. The number of anilines is 1. The lowest BCUT2D eigenvalue weighted by Gasteiger charge is -2.34. The van der Waals surface area contributed by atoms with Crippen molar-refractivity contribution in [2.24, 2.45) is 29.6 Å². The molecule has 11 nitrogen and oxygen atoms in total. The molecule has 2 aliphatic carbocycles. The molecule has 11 heteroatoms. The van der Waals surface area contributed by atoms with Gasteiger partial charge in [0, 0.05) is 34.9 Å². The van der Waals surface area contributed by atoms with Crippen LogP contribution >= 0.6 is 0 Å². The summed E-state index contributed by atoms with van der Waals surface area (Å²) in [5, 5.41) is 79.9. The number of phenolic OH excluding ortho intramolecular Hbond substituents is 1. The molecule has 9 N–H and O–H groups in total. The van der Waals surface area contributed by atoms with Crippen LogP contribution < -0.4 is 10.8 Å². The zero-order valence-electron chi connectivity index (χ0n) is 34.8. The number of nitrogens with one attached hydrogen (secondary N) is 1. The van der Waals surface area contributed by atoms with Crippen LogP contribution in [-0.4, -0.2) is 64.4 Å². The van der Waals surface area contributed by atoms with Crippen LogP contribution in [0, 0.1) is 29.6 Å². The van der Waals surface area contributed by atoms with Gasteiger partial charge in [-0.05, 0) is 111 Å². The maximum atomic E-state index is 12.5. The molecule has 2 aliphatic rings. The molecule has 324 valence electrons. The third kappa shape index (κ3) is 11.6. The molecule has 9 atom stereocenters. The number of carboxylic acids is 1. The number of aromatic nitrogens is 2. The first kappa shape index (κ1) is 44.9. The zero-order valence-corrected chi connectivity index (χ0v) is 34.8. The van der Waals surface area contributed by atoms with Crippen LogP contribution in [0.15, 0.2) is 85.1 Å². The highest BCUT2D eigenvalue weighted by atomic mass is 16.4. The molecule has 4 aromatic rings. The molecule has 60 heavy (non-hydrogen) atoms. The molecular formula is C49H64N3O8-. The second-order valence-corrected chi connectivity index (χ2v) is 17.6. The number of aromatic hydroxyl groups is 1. The van der Waals surface area contributed by atoms with Crippen molar-refractivity contribution in [1.82, 2.24) is 9.97 Å². The normalized spacial score (nSPS) is 24.3. The molecule has 6 rings (SSSR count). The van der Waals surface area contributed by atoms with E-state index in [0.717, 1.165) is 49.3 Å². The van der Waals surface area contributed by atoms with Gasteiger partial charge in [0.15, 0.2) is 0 Å². The molecule has 0 radical (unpaired) electrons. The van der Waals surface area contributed by atoms with Gasteiger partial charge in [-0.25, -0.2) is 4.98 Å². The summed E-state index contributed by atoms with van der Waals surface area (Å²) < 4.78 is 0. The van der Waals surface area contributed by atoms with Crippen molar-refractivity contribution in [1.29, 1.82) is 0 Å². The Bertz CT molecular complexity index is 2000. The number of carboxylic acid groups (broad SMARTS) is 1. The summed E-state index contributed by atoms with van der Waals surface area (Å²) in [7, 11) is 0. The zero-order chi connectivity index (χ0) is 42.8. The van der Waals surface area contributed by atoms with E-state index in [-0.39, 0.29) is 42.3 Å². The van der Waals surface area contributed by atoms with Crippen LogP contribution in [-0.2, 0) is 11.2 Å². The first-order valence-corrected chi connectivity index (χ1v) is 22.0. The average molecular weight is 823 g/mol. The topological polar surface area (TPSA) is 216 Å². The van der Waals surface area contributed by atoms with E-state index in [9.17, 15) is 40.5 Å². The molecule has 2 aromatic heterocycles. The highest BCUT2D eigenvalue weighted by Crippen LogP contribution is 2.51. The lowest BCUT2D eigenvalue weighted by molar-refractivity contribution is -0.268. The number of pyridine rings is 1. The Morgan fingerprint density at radius 2 is 1.73 bits per heavy atom. The number of H-pyrrole nitrogens is 1. The molecule has 0 spiro atoms. The first-order valence-electron chi connectivity index (χ1n) is 22.0. The van der Waals surface area contributed by atoms with E-state index in [1.807, 2.05) is 42.5 Å². The molecular weight excluding hydrogens is 759 g/mol. The molecule has 2 aromatic carbocycles. The predicted molar refractivity (Wildman–Crippen MR) is 232 cm³/mol. The van der Waals surface area contributed by atoms with Crippen molar-refractivity contribution in [3.63, 3.8) is 0 Å². The Labute approximate surface area is 354 Å². The Morgan fingerprint density at radius 1 is 0.950 bits per heavy atom. The lowest BCUT2D eigenvalue weighted by Crippen LogP contribution is -2.39. The van der Waals surface area contributed by atoms with E-state index in [0.29, 0.717) is 66.4 Å². The van der Waals surface area contributed by atoms with Crippen molar-refractivity contribution in [2.75, 3.05) is 5.73 Å². The van der Waals surface area contributed by atoms with E-state index < -0.39 is 35.6 Å². The summed E-state index contributed by atoms with van der Waals surface area (Å²) in [6, 6.07) is 19.0. The highest BCUT2D eigenvalue weighted by molar-refractivity contribution is 5.83. The molecule has 1 fully saturated rings. The van der Waals surface area contributed by atoms with Gasteiger partial charge in [-0.1, -0.05) is 94.0 Å². The van der Waals surface area contributed by atoms with Gasteiger partial charge in [0.05, 0.1) is 35.5 Å². The number of aliphatic carboxylic acids is 1. The molecule has 0 aliphatic heterocycles. The number of aliphatic hydroxyl groups excluding tert-OH is 3. The quantitative estimate of drug-likeness (QED) is 0.0299. The standard InChI is InChI=1S/C49H65N3O8/c1-2-3-6-11-31-16-17-35(44(56)24-31)14-9-5-10-15-39(48(58)59)43(55)18-20-49(60)30-33(22-32-19-21-51-45(50)25-32)23-41(49)47(57)42-29-40(34-12-7-4-8-13-34)46(52-42)36-26-37(53)28-38(54)27-36/h4,7-8,12-13,16-17,19,21,25-29,31,33,35,39,41,43-44,47,52-57,60H,2-3,5-6,9-11,14-15,18,20,22-24,30H2,1H3,(H2,50,51)(H,58,59)/p-1. The van der Waals surface area contributed by atoms with Crippen molar-refractivity contribution in [3.05, 3.63) is 96.3 Å². The van der Waals surface area contributed by atoms with Crippen molar-refractivity contribution < 1.29 is 40.5 Å². The molecule has 9 unspecified atom stereocenters. The van der Waals surface area contributed by atoms with Gasteiger partial charge >= 0.3 is 5.97 Å². The number of benzene rings is 2. The SMILES string of the molecule is CCCCCC1C=CC(CCCCCC(C(=O)O)C(O)CCC2(O)CC(Cc3ccnc(N)c3)CC2C(O)c2cc(-c3ccccc3)c(-c3cc([O-])cc(O)c3)[nH]2)C(O)C1. The second kappa shape index (κ2) is 20.7. The number of carbonyl (C=O) groups is 1. The van der Waals surface area contributed by atoms with E-state index in [1.54, 1.807) is 12.3 Å². The summed E-state index contributed by atoms with van der Waals surface area (Å²) >= 11 is 0. The third-order valence-corrected chi connectivity index (χ3v) is 13.1. The number of aliphatic hydroxyl groups is 4. The largest absolute Gasteiger partial charge is 0.872 e. The lowest BCUT2D eigenvalue weighted by atomic mass is 9.79. The van der Waals surface area contributed by atoms with Gasteiger partial charge < -0.3 is 46.5 Å². The Kier molecular flexibility index (Phi) is 15.5. The third-order valence-electron chi connectivity index (χ3n) is 13.1. The fraction of sp³-hybridized carbons (Fsp3) is 0.510. The number of rotatable bonds is 21. The van der Waals surface area contributed by atoms with E-state index in [4.69, 9.17) is 5.73 Å². The molecule has 2 heterocycles. The number of nitrogen functional groups attached to an aromatic ring is 1. The second-order valence-electron chi connectivity index (χ2n) is 17.6. The maximum absolute atomic E-state index is 12.5. The highest BCUT2D eigenvalue weighted by Gasteiger charge is 2.50. The monoisotopic (exact) mass is 822 g/mol. The van der Waals surface area contributed by atoms with Crippen molar-refractivity contribution in [2.45, 2.75) is 127 Å². The summed E-state index contributed by atoms with van der Waals surface area (Å²) in [6.07, 6.45) is 13.6. The summed E-state index contributed by atoms with van der Waals surface area (Å²) in [5.74, 6) is -2.46.